The Kier molecular flexibility index (Phi) is 4.97. The third kappa shape index (κ3) is 4.21. The molecule has 0 unspecified atom stereocenters. The zero-order valence-corrected chi connectivity index (χ0v) is 8.53. The normalized spacial score (nSPS) is 11.7. The Morgan fingerprint density at radius 2 is 2.07 bits per heavy atom. The predicted octanol–water partition coefficient (Wildman–Crippen LogP) is 2.85. The summed E-state index contributed by atoms with van der Waals surface area (Å²) in [6, 6.07) is 10.3. The summed E-state index contributed by atoms with van der Waals surface area (Å²) in [5, 5.41) is 8.40. The van der Waals surface area contributed by atoms with Crippen molar-refractivity contribution in [2.24, 2.45) is 0 Å². The summed E-state index contributed by atoms with van der Waals surface area (Å²) in [5.74, 6) is 0. The van der Waals surface area contributed by atoms with E-state index in [4.69, 9.17) is 5.21 Å². The highest BCUT2D eigenvalue weighted by molar-refractivity contribution is 5.51. The van der Waals surface area contributed by atoms with Gasteiger partial charge in [0.25, 0.3) is 0 Å². The van der Waals surface area contributed by atoms with Gasteiger partial charge in [-0.3, -0.25) is 0 Å². The second-order valence-corrected chi connectivity index (χ2v) is 3.41. The molecule has 2 heteroatoms. The second kappa shape index (κ2) is 6.35. The van der Waals surface area contributed by atoms with Crippen LogP contribution in [0.25, 0.3) is 6.08 Å². The van der Waals surface area contributed by atoms with Crippen molar-refractivity contribution < 1.29 is 5.21 Å². The third-order valence-corrected chi connectivity index (χ3v) is 2.07. The second-order valence-electron chi connectivity index (χ2n) is 3.41. The molecule has 0 aliphatic carbocycles. The molecule has 2 N–H and O–H groups in total. The highest BCUT2D eigenvalue weighted by Crippen LogP contribution is 2.10. The zero-order valence-electron chi connectivity index (χ0n) is 8.53. The molecule has 0 amide bonds. The molecule has 0 atom stereocenters. The Hall–Kier alpha value is -1.12. The van der Waals surface area contributed by atoms with Gasteiger partial charge in [-0.25, -0.2) is 5.48 Å². The Labute approximate surface area is 85.2 Å². The van der Waals surface area contributed by atoms with Crippen molar-refractivity contribution in [3.05, 3.63) is 41.5 Å². The fraction of sp³-hybridized carbons (Fsp3) is 0.333. The van der Waals surface area contributed by atoms with Gasteiger partial charge in [-0.1, -0.05) is 42.0 Å². The number of benzene rings is 1. The number of rotatable bonds is 5. The minimum Gasteiger partial charge on any atom is -0.317 e. The maximum atomic E-state index is 8.40. The van der Waals surface area contributed by atoms with Crippen LogP contribution in [-0.4, -0.2) is 11.8 Å². The van der Waals surface area contributed by atoms with Crippen LogP contribution in [0.1, 0.15) is 25.3 Å². The number of allylic oxidation sites excluding steroid dienone is 1. The minimum atomic E-state index is 0.653. The van der Waals surface area contributed by atoms with E-state index in [9.17, 15) is 0 Å². The Balaban J connectivity index is 2.43. The van der Waals surface area contributed by atoms with Crippen LogP contribution >= 0.6 is 0 Å². The molecular formula is C12H17NO. The molecule has 0 saturated carbocycles. The average Bonchev–Trinajstić information content (AvgIpc) is 2.20. The van der Waals surface area contributed by atoms with Gasteiger partial charge in [0.1, 0.15) is 0 Å². The first-order valence-electron chi connectivity index (χ1n) is 4.92. The maximum Gasteiger partial charge on any atom is 0.0210 e. The van der Waals surface area contributed by atoms with Gasteiger partial charge in [-0.2, -0.15) is 0 Å². The summed E-state index contributed by atoms with van der Waals surface area (Å²) < 4.78 is 0. The van der Waals surface area contributed by atoms with E-state index in [1.54, 1.807) is 0 Å². The quantitative estimate of drug-likeness (QED) is 0.554. The van der Waals surface area contributed by atoms with Crippen molar-refractivity contribution in [3.8, 4) is 0 Å². The van der Waals surface area contributed by atoms with Gasteiger partial charge in [0.05, 0.1) is 0 Å². The first-order valence-corrected chi connectivity index (χ1v) is 4.92. The maximum absolute atomic E-state index is 8.40. The summed E-state index contributed by atoms with van der Waals surface area (Å²) in [7, 11) is 0. The highest BCUT2D eigenvalue weighted by Gasteiger charge is 1.91. The molecule has 76 valence electrons. The SMILES string of the molecule is C/C(=C\c1ccccc1)CCCNO. The lowest BCUT2D eigenvalue weighted by atomic mass is 10.1. The molecule has 1 aromatic rings. The van der Waals surface area contributed by atoms with Crippen LogP contribution < -0.4 is 5.48 Å². The number of nitrogens with one attached hydrogen (secondary N) is 1. The predicted molar refractivity (Wildman–Crippen MR) is 59.1 cm³/mol. The van der Waals surface area contributed by atoms with Gasteiger partial charge >= 0.3 is 0 Å². The van der Waals surface area contributed by atoms with Crippen LogP contribution in [0.15, 0.2) is 35.9 Å². The van der Waals surface area contributed by atoms with Crippen LogP contribution in [-0.2, 0) is 0 Å². The molecule has 2 nitrogen and oxygen atoms in total. The lowest BCUT2D eigenvalue weighted by Gasteiger charge is -2.00. The summed E-state index contributed by atoms with van der Waals surface area (Å²) in [4.78, 5) is 0. The van der Waals surface area contributed by atoms with E-state index in [-0.39, 0.29) is 0 Å². The minimum absolute atomic E-state index is 0.653. The van der Waals surface area contributed by atoms with Crippen molar-refractivity contribution in [1.29, 1.82) is 0 Å². The lowest BCUT2D eigenvalue weighted by molar-refractivity contribution is 0.166. The van der Waals surface area contributed by atoms with Gasteiger partial charge in [0.15, 0.2) is 0 Å². The van der Waals surface area contributed by atoms with E-state index in [0.717, 1.165) is 12.8 Å². The number of hydroxylamine groups is 1. The van der Waals surface area contributed by atoms with Crippen molar-refractivity contribution >= 4 is 6.08 Å². The molecule has 0 bridgehead atoms. The van der Waals surface area contributed by atoms with E-state index in [0.29, 0.717) is 6.54 Å². The van der Waals surface area contributed by atoms with Gasteiger partial charge in [-0.05, 0) is 25.3 Å². The zero-order chi connectivity index (χ0) is 10.2. The number of hydrogen-bond acceptors (Lipinski definition) is 2. The Bertz CT molecular complexity index is 280. The molecule has 0 saturated heterocycles. The highest BCUT2D eigenvalue weighted by atomic mass is 16.5. The van der Waals surface area contributed by atoms with Crippen LogP contribution in [0.2, 0.25) is 0 Å². The van der Waals surface area contributed by atoms with Crippen molar-refractivity contribution in [1.82, 2.24) is 5.48 Å². The fourth-order valence-corrected chi connectivity index (χ4v) is 1.35. The van der Waals surface area contributed by atoms with Crippen LogP contribution in [0, 0.1) is 0 Å². The lowest BCUT2D eigenvalue weighted by Crippen LogP contribution is -2.08. The monoisotopic (exact) mass is 191 g/mol. The summed E-state index contributed by atoms with van der Waals surface area (Å²) in [6.07, 6.45) is 4.16. The van der Waals surface area contributed by atoms with Crippen molar-refractivity contribution in [2.45, 2.75) is 19.8 Å². The molecule has 0 fully saturated rings. The van der Waals surface area contributed by atoms with Gasteiger partial charge in [0, 0.05) is 6.54 Å². The molecule has 0 aliphatic rings. The Morgan fingerprint density at radius 3 is 2.71 bits per heavy atom. The first-order chi connectivity index (χ1) is 6.83. The van der Waals surface area contributed by atoms with Gasteiger partial charge < -0.3 is 5.21 Å². The van der Waals surface area contributed by atoms with Crippen LogP contribution in [0.4, 0.5) is 0 Å². The molecule has 0 heterocycles. The van der Waals surface area contributed by atoms with Crippen LogP contribution in [0.3, 0.4) is 0 Å². The third-order valence-electron chi connectivity index (χ3n) is 2.07. The van der Waals surface area contributed by atoms with E-state index in [1.165, 1.54) is 11.1 Å². The van der Waals surface area contributed by atoms with E-state index < -0.39 is 0 Å². The Morgan fingerprint density at radius 1 is 1.36 bits per heavy atom. The molecule has 0 spiro atoms. The molecule has 0 aliphatic heterocycles. The topological polar surface area (TPSA) is 32.3 Å². The van der Waals surface area contributed by atoms with Gasteiger partial charge in [-0.15, -0.1) is 0 Å². The fourth-order valence-electron chi connectivity index (χ4n) is 1.35. The van der Waals surface area contributed by atoms with E-state index in [2.05, 4.69) is 30.6 Å². The molecule has 1 aromatic carbocycles. The number of hydrogen-bond donors (Lipinski definition) is 2. The van der Waals surface area contributed by atoms with Crippen LogP contribution in [0.5, 0.6) is 0 Å². The largest absolute Gasteiger partial charge is 0.317 e. The molecule has 0 aromatic heterocycles. The first kappa shape index (κ1) is 11.0. The van der Waals surface area contributed by atoms with Gasteiger partial charge in [0.2, 0.25) is 0 Å². The molecule has 1 rings (SSSR count). The van der Waals surface area contributed by atoms with E-state index >= 15 is 0 Å². The van der Waals surface area contributed by atoms with Crippen molar-refractivity contribution in [2.75, 3.05) is 6.54 Å². The summed E-state index contributed by atoms with van der Waals surface area (Å²) in [5.41, 5.74) is 4.74. The van der Waals surface area contributed by atoms with Crippen molar-refractivity contribution in [3.63, 3.8) is 0 Å². The standard InChI is InChI=1S/C12H17NO/c1-11(6-5-9-13-14)10-12-7-3-2-4-8-12/h2-4,7-8,10,13-14H,5-6,9H2,1H3/b11-10+. The molecule has 0 radical (unpaired) electrons. The van der Waals surface area contributed by atoms with E-state index in [1.807, 2.05) is 18.2 Å². The average molecular weight is 191 g/mol. The summed E-state index contributed by atoms with van der Waals surface area (Å²) in [6.45, 7) is 2.77. The molecule has 14 heavy (non-hydrogen) atoms. The summed E-state index contributed by atoms with van der Waals surface area (Å²) >= 11 is 0. The smallest absolute Gasteiger partial charge is 0.0210 e. The molecular weight excluding hydrogens is 174 g/mol.